The molecule has 0 spiro atoms. The molecule has 0 saturated heterocycles. The number of hydrogen-bond acceptors (Lipinski definition) is 2. The van der Waals surface area contributed by atoms with E-state index in [4.69, 9.17) is 0 Å². The summed E-state index contributed by atoms with van der Waals surface area (Å²) in [4.78, 5) is 0. The fraction of sp³-hybridized carbons (Fsp3) is 0. The predicted octanol–water partition coefficient (Wildman–Crippen LogP) is -1.95. The van der Waals surface area contributed by atoms with Crippen LogP contribution in [0.2, 0.25) is 0 Å². The normalized spacial score (nSPS) is 1.20. The van der Waals surface area contributed by atoms with Gasteiger partial charge in [-0.2, -0.15) is 9.90 Å². The van der Waals surface area contributed by atoms with Gasteiger partial charge in [0, 0.05) is 19.5 Å². The predicted molar refractivity (Wildman–Crippen MR) is 23.1 cm³/mol. The SMILES string of the molecule is NN.O.P.[Zn]. The third-order valence-electron chi connectivity index (χ3n) is 0. The smallest absolute Gasteiger partial charge is 0 e. The molecule has 0 heterocycles. The van der Waals surface area contributed by atoms with E-state index in [1.807, 2.05) is 0 Å². The van der Waals surface area contributed by atoms with E-state index < -0.39 is 0 Å². The van der Waals surface area contributed by atoms with E-state index in [-0.39, 0.29) is 34.9 Å². The first-order valence-electron chi connectivity index (χ1n) is 0.333. The van der Waals surface area contributed by atoms with Crippen molar-refractivity contribution in [3.8, 4) is 0 Å². The maximum Gasteiger partial charge on any atom is 0 e. The van der Waals surface area contributed by atoms with Crippen LogP contribution in [-0.2, 0) is 19.5 Å². The summed E-state index contributed by atoms with van der Waals surface area (Å²) in [5.74, 6) is 8.00. The van der Waals surface area contributed by atoms with Crippen LogP contribution in [0.4, 0.5) is 0 Å². The molecule has 6 N–H and O–H groups in total. The Hall–Kier alpha value is 0.933. The van der Waals surface area contributed by atoms with Crippen LogP contribution >= 0.6 is 9.90 Å². The zero-order chi connectivity index (χ0) is 2.00. The molecule has 0 rings (SSSR count). The summed E-state index contributed by atoms with van der Waals surface area (Å²) in [7, 11) is 0. The zero-order valence-electron chi connectivity index (χ0n) is 3.07. The van der Waals surface area contributed by atoms with Crippen LogP contribution in [0.25, 0.3) is 0 Å². The van der Waals surface area contributed by atoms with Gasteiger partial charge in [-0.05, 0) is 0 Å². The van der Waals surface area contributed by atoms with Gasteiger partial charge in [0.2, 0.25) is 0 Å². The number of hydrazine groups is 1. The van der Waals surface area contributed by atoms with Gasteiger partial charge in [0.1, 0.15) is 0 Å². The van der Waals surface area contributed by atoms with Crippen LogP contribution in [0, 0.1) is 0 Å². The second-order valence-corrected chi connectivity index (χ2v) is 0. The van der Waals surface area contributed by atoms with E-state index in [1.165, 1.54) is 0 Å². The largest absolute Gasteiger partial charge is 0.412 e. The van der Waals surface area contributed by atoms with E-state index >= 15 is 0 Å². The van der Waals surface area contributed by atoms with Crippen molar-refractivity contribution < 1.29 is 25.0 Å². The monoisotopic (exact) mass is 148 g/mol. The Morgan fingerprint density at radius 2 is 1.00 bits per heavy atom. The van der Waals surface area contributed by atoms with Crippen molar-refractivity contribution in [1.82, 2.24) is 0 Å². The summed E-state index contributed by atoms with van der Waals surface area (Å²) >= 11 is 0. The zero-order valence-corrected chi connectivity index (χ0v) is 7.45. The van der Waals surface area contributed by atoms with Gasteiger partial charge < -0.3 is 5.48 Å². The number of hydrogen-bond donors (Lipinski definition) is 2. The third kappa shape index (κ3) is 48.7. The van der Waals surface area contributed by atoms with Crippen molar-refractivity contribution in [2.45, 2.75) is 0 Å². The van der Waals surface area contributed by atoms with Gasteiger partial charge in [-0.3, -0.25) is 11.7 Å². The molecule has 0 aliphatic rings. The molecular weight excluding hydrogens is 140 g/mol. The molecular formula is H9N2OPZn. The van der Waals surface area contributed by atoms with Crippen molar-refractivity contribution in [2.24, 2.45) is 11.7 Å². The van der Waals surface area contributed by atoms with Gasteiger partial charge in [-0.25, -0.2) is 0 Å². The summed E-state index contributed by atoms with van der Waals surface area (Å²) in [6, 6.07) is 0. The van der Waals surface area contributed by atoms with Gasteiger partial charge >= 0.3 is 0 Å². The molecule has 0 aromatic heterocycles. The summed E-state index contributed by atoms with van der Waals surface area (Å²) < 4.78 is 0. The average molecular weight is 149 g/mol. The fourth-order valence-corrected chi connectivity index (χ4v) is 0. The van der Waals surface area contributed by atoms with Gasteiger partial charge in [0.25, 0.3) is 0 Å². The van der Waals surface area contributed by atoms with Gasteiger partial charge in [-0.15, -0.1) is 0 Å². The molecule has 3 nitrogen and oxygen atoms in total. The number of nitrogens with two attached hydrogens (primary N) is 2. The molecule has 0 saturated carbocycles. The molecule has 0 aromatic carbocycles. The van der Waals surface area contributed by atoms with Crippen LogP contribution < -0.4 is 11.7 Å². The van der Waals surface area contributed by atoms with Crippen LogP contribution in [0.15, 0.2) is 0 Å². The van der Waals surface area contributed by atoms with Gasteiger partial charge in [-0.1, -0.05) is 0 Å². The molecule has 5 heteroatoms. The summed E-state index contributed by atoms with van der Waals surface area (Å²) in [6.07, 6.45) is 0. The topological polar surface area (TPSA) is 83.5 Å². The van der Waals surface area contributed by atoms with E-state index in [0.717, 1.165) is 0 Å². The van der Waals surface area contributed by atoms with E-state index in [1.54, 1.807) is 0 Å². The van der Waals surface area contributed by atoms with Crippen molar-refractivity contribution in [3.63, 3.8) is 0 Å². The molecule has 0 bridgehead atoms. The fourth-order valence-electron chi connectivity index (χ4n) is 0. The average Bonchev–Trinajstić information content (AvgIpc) is 1.00. The van der Waals surface area contributed by atoms with Crippen LogP contribution in [0.1, 0.15) is 0 Å². The van der Waals surface area contributed by atoms with Gasteiger partial charge in [0.15, 0.2) is 0 Å². The molecule has 1 atom stereocenters. The molecule has 0 aliphatic carbocycles. The van der Waals surface area contributed by atoms with E-state index in [2.05, 4.69) is 11.7 Å². The summed E-state index contributed by atoms with van der Waals surface area (Å²) in [5, 5.41) is 0. The van der Waals surface area contributed by atoms with Crippen molar-refractivity contribution in [2.75, 3.05) is 0 Å². The minimum Gasteiger partial charge on any atom is -0.412 e. The maximum absolute atomic E-state index is 4.00. The summed E-state index contributed by atoms with van der Waals surface area (Å²) in [5.41, 5.74) is 0. The first-order chi connectivity index (χ1) is 1.00. The molecule has 0 fully saturated rings. The van der Waals surface area contributed by atoms with Crippen molar-refractivity contribution in [1.29, 1.82) is 0 Å². The Bertz CT molecular complexity index is 9.61. The first-order valence-corrected chi connectivity index (χ1v) is 0.333. The minimum absolute atomic E-state index is 0. The molecule has 0 radical (unpaired) electrons. The second-order valence-electron chi connectivity index (χ2n) is 0. The Kier molecular flexibility index (Phi) is 677. The van der Waals surface area contributed by atoms with Crippen molar-refractivity contribution >= 4 is 9.90 Å². The van der Waals surface area contributed by atoms with Crippen LogP contribution in [0.5, 0.6) is 0 Å². The minimum atomic E-state index is 0. The van der Waals surface area contributed by atoms with E-state index in [0.29, 0.717) is 0 Å². The van der Waals surface area contributed by atoms with Crippen LogP contribution in [0.3, 0.4) is 0 Å². The Morgan fingerprint density at radius 1 is 1.00 bits per heavy atom. The number of rotatable bonds is 0. The van der Waals surface area contributed by atoms with Gasteiger partial charge in [0.05, 0.1) is 0 Å². The van der Waals surface area contributed by atoms with Crippen LogP contribution in [-0.4, -0.2) is 5.48 Å². The summed E-state index contributed by atoms with van der Waals surface area (Å²) in [6.45, 7) is 0. The first kappa shape index (κ1) is 38.6. The van der Waals surface area contributed by atoms with E-state index in [9.17, 15) is 0 Å². The molecule has 0 aromatic rings. The van der Waals surface area contributed by atoms with Crippen molar-refractivity contribution in [3.05, 3.63) is 0 Å². The Morgan fingerprint density at radius 3 is 1.00 bits per heavy atom. The third-order valence-corrected chi connectivity index (χ3v) is 0. The Labute approximate surface area is 47.1 Å². The molecule has 5 heavy (non-hydrogen) atoms. The molecule has 0 aliphatic heterocycles. The molecule has 32 valence electrons. The maximum atomic E-state index is 4.00. The quantitative estimate of drug-likeness (QED) is 0.182. The molecule has 1 unspecified atom stereocenters. The standard InChI is InChI=1S/H4N2.H2O.H3P.Zn/c1-2;;;/h1-2H2;1H2;1H3;. The molecule has 0 amide bonds. The second kappa shape index (κ2) is 87.6. The Balaban J connectivity index is -0.00000000167.